The van der Waals surface area contributed by atoms with E-state index in [1.165, 1.54) is 5.56 Å². The van der Waals surface area contributed by atoms with Crippen molar-refractivity contribution in [1.29, 1.82) is 0 Å². The van der Waals surface area contributed by atoms with Crippen LogP contribution in [0, 0.1) is 0 Å². The van der Waals surface area contributed by atoms with Crippen LogP contribution in [0.4, 0.5) is 0 Å². The monoisotopic (exact) mass is 223 g/mol. The highest BCUT2D eigenvalue weighted by Gasteiger charge is 2.16. The lowest BCUT2D eigenvalue weighted by Crippen LogP contribution is -2.40. The number of rotatable bonds is 6. The van der Waals surface area contributed by atoms with Crippen molar-refractivity contribution < 1.29 is 9.84 Å². The molecular formula is C13H21NO2. The molecule has 0 spiro atoms. The molecule has 0 aliphatic heterocycles. The predicted octanol–water partition coefficient (Wildman–Crippen LogP) is 1.73. The average Bonchev–Trinajstić information content (AvgIpc) is 2.29. The molecule has 0 amide bonds. The smallest absolute Gasteiger partial charge is 0.119 e. The van der Waals surface area contributed by atoms with Gasteiger partial charge in [0.05, 0.1) is 13.2 Å². The SMILES string of the molecule is CCOc1ccc(CC[C@](C)(N)CO)cc1. The minimum Gasteiger partial charge on any atom is -0.494 e. The molecule has 0 aliphatic rings. The van der Waals surface area contributed by atoms with Crippen molar-refractivity contribution in [2.24, 2.45) is 5.73 Å². The van der Waals surface area contributed by atoms with Gasteiger partial charge in [0.25, 0.3) is 0 Å². The Kier molecular flexibility index (Phi) is 4.77. The van der Waals surface area contributed by atoms with Crippen molar-refractivity contribution in [2.75, 3.05) is 13.2 Å². The fourth-order valence-corrected chi connectivity index (χ4v) is 1.43. The van der Waals surface area contributed by atoms with Crippen LogP contribution in [0.1, 0.15) is 25.8 Å². The van der Waals surface area contributed by atoms with Gasteiger partial charge in [-0.2, -0.15) is 0 Å². The zero-order valence-corrected chi connectivity index (χ0v) is 10.1. The Balaban J connectivity index is 2.49. The first-order chi connectivity index (χ1) is 7.57. The summed E-state index contributed by atoms with van der Waals surface area (Å²) in [7, 11) is 0. The molecule has 1 aromatic rings. The molecule has 0 saturated carbocycles. The third kappa shape index (κ3) is 4.21. The van der Waals surface area contributed by atoms with E-state index in [0.717, 1.165) is 18.6 Å². The van der Waals surface area contributed by atoms with Crippen molar-refractivity contribution in [3.8, 4) is 5.75 Å². The van der Waals surface area contributed by atoms with Crippen molar-refractivity contribution >= 4 is 0 Å². The Labute approximate surface area is 97.2 Å². The number of aliphatic hydroxyl groups is 1. The molecule has 0 fully saturated rings. The number of hydrogen-bond donors (Lipinski definition) is 2. The van der Waals surface area contributed by atoms with E-state index in [1.807, 2.05) is 38.1 Å². The molecule has 1 rings (SSSR count). The highest BCUT2D eigenvalue weighted by atomic mass is 16.5. The minimum absolute atomic E-state index is 0.0179. The predicted molar refractivity (Wildman–Crippen MR) is 65.6 cm³/mol. The van der Waals surface area contributed by atoms with Crippen LogP contribution < -0.4 is 10.5 Å². The van der Waals surface area contributed by atoms with Crippen LogP contribution in [-0.2, 0) is 6.42 Å². The maximum Gasteiger partial charge on any atom is 0.119 e. The van der Waals surface area contributed by atoms with Gasteiger partial charge in [-0.1, -0.05) is 12.1 Å². The van der Waals surface area contributed by atoms with E-state index in [2.05, 4.69) is 0 Å². The third-order valence-corrected chi connectivity index (χ3v) is 2.58. The highest BCUT2D eigenvalue weighted by molar-refractivity contribution is 5.27. The molecule has 1 atom stereocenters. The fourth-order valence-electron chi connectivity index (χ4n) is 1.43. The maximum absolute atomic E-state index is 9.04. The summed E-state index contributed by atoms with van der Waals surface area (Å²) in [5, 5.41) is 9.04. The van der Waals surface area contributed by atoms with Crippen LogP contribution in [0.5, 0.6) is 5.75 Å². The first-order valence-corrected chi connectivity index (χ1v) is 5.69. The first-order valence-electron chi connectivity index (χ1n) is 5.69. The summed E-state index contributed by atoms with van der Waals surface area (Å²) in [6.07, 6.45) is 1.65. The molecule has 0 heterocycles. The zero-order valence-electron chi connectivity index (χ0n) is 10.1. The van der Waals surface area contributed by atoms with Crippen molar-refractivity contribution in [3.05, 3.63) is 29.8 Å². The molecule has 3 N–H and O–H groups in total. The number of benzene rings is 1. The van der Waals surface area contributed by atoms with E-state index in [-0.39, 0.29) is 6.61 Å². The van der Waals surface area contributed by atoms with Crippen molar-refractivity contribution in [1.82, 2.24) is 0 Å². The van der Waals surface area contributed by atoms with Crippen molar-refractivity contribution in [2.45, 2.75) is 32.2 Å². The van der Waals surface area contributed by atoms with Gasteiger partial charge in [-0.05, 0) is 44.4 Å². The summed E-state index contributed by atoms with van der Waals surface area (Å²) in [6.45, 7) is 4.53. The summed E-state index contributed by atoms with van der Waals surface area (Å²) in [5.41, 5.74) is 6.60. The molecule has 90 valence electrons. The first kappa shape index (κ1) is 13.0. The Morgan fingerprint density at radius 3 is 2.44 bits per heavy atom. The Morgan fingerprint density at radius 1 is 1.31 bits per heavy atom. The van der Waals surface area contributed by atoms with Gasteiger partial charge in [0.2, 0.25) is 0 Å². The summed E-state index contributed by atoms with van der Waals surface area (Å²) >= 11 is 0. The number of aliphatic hydroxyl groups excluding tert-OH is 1. The molecule has 16 heavy (non-hydrogen) atoms. The van der Waals surface area contributed by atoms with Crippen LogP contribution in [0.25, 0.3) is 0 Å². The largest absolute Gasteiger partial charge is 0.494 e. The van der Waals surface area contributed by atoms with Gasteiger partial charge in [-0.25, -0.2) is 0 Å². The summed E-state index contributed by atoms with van der Waals surface area (Å²) in [6, 6.07) is 8.01. The van der Waals surface area contributed by atoms with Gasteiger partial charge in [-0.3, -0.25) is 0 Å². The van der Waals surface area contributed by atoms with Gasteiger partial charge in [0, 0.05) is 5.54 Å². The standard InChI is InChI=1S/C13H21NO2/c1-3-16-12-6-4-11(5-7-12)8-9-13(2,14)10-15/h4-7,15H,3,8-10,14H2,1-2H3/t13-/m0/s1. The number of aryl methyl sites for hydroxylation is 1. The van der Waals surface area contributed by atoms with E-state index in [0.29, 0.717) is 6.61 Å². The minimum atomic E-state index is -0.488. The van der Waals surface area contributed by atoms with Crippen LogP contribution in [0.3, 0.4) is 0 Å². The quantitative estimate of drug-likeness (QED) is 0.772. The van der Waals surface area contributed by atoms with E-state index in [1.54, 1.807) is 0 Å². The second kappa shape index (κ2) is 5.87. The Bertz CT molecular complexity index is 306. The second-order valence-electron chi connectivity index (χ2n) is 4.39. The van der Waals surface area contributed by atoms with Crippen LogP contribution in [-0.4, -0.2) is 23.9 Å². The molecule has 1 aromatic carbocycles. The molecule has 3 heteroatoms. The van der Waals surface area contributed by atoms with Crippen LogP contribution >= 0.6 is 0 Å². The highest BCUT2D eigenvalue weighted by Crippen LogP contribution is 2.15. The Hall–Kier alpha value is -1.06. The summed E-state index contributed by atoms with van der Waals surface area (Å²) in [4.78, 5) is 0. The topological polar surface area (TPSA) is 55.5 Å². The maximum atomic E-state index is 9.04. The molecule has 0 bridgehead atoms. The second-order valence-corrected chi connectivity index (χ2v) is 4.39. The zero-order chi connectivity index (χ0) is 12.0. The fraction of sp³-hybridized carbons (Fsp3) is 0.538. The lowest BCUT2D eigenvalue weighted by Gasteiger charge is -2.21. The molecule has 0 saturated heterocycles. The van der Waals surface area contributed by atoms with Crippen molar-refractivity contribution in [3.63, 3.8) is 0 Å². The lowest BCUT2D eigenvalue weighted by molar-refractivity contribution is 0.200. The number of ether oxygens (including phenoxy) is 1. The van der Waals surface area contributed by atoms with Crippen LogP contribution in [0.15, 0.2) is 24.3 Å². The third-order valence-electron chi connectivity index (χ3n) is 2.58. The van der Waals surface area contributed by atoms with Gasteiger partial charge < -0.3 is 15.6 Å². The number of nitrogens with two attached hydrogens (primary N) is 1. The molecule has 3 nitrogen and oxygen atoms in total. The molecule has 0 radical (unpaired) electrons. The normalized spacial score (nSPS) is 14.5. The molecule has 0 unspecified atom stereocenters. The Morgan fingerprint density at radius 2 is 1.94 bits per heavy atom. The molecule has 0 aromatic heterocycles. The molecule has 0 aliphatic carbocycles. The lowest BCUT2D eigenvalue weighted by atomic mass is 9.95. The van der Waals surface area contributed by atoms with E-state index in [9.17, 15) is 0 Å². The van der Waals surface area contributed by atoms with E-state index < -0.39 is 5.54 Å². The van der Waals surface area contributed by atoms with Gasteiger partial charge in [-0.15, -0.1) is 0 Å². The summed E-state index contributed by atoms with van der Waals surface area (Å²) < 4.78 is 5.36. The van der Waals surface area contributed by atoms with Gasteiger partial charge >= 0.3 is 0 Å². The molecular weight excluding hydrogens is 202 g/mol. The van der Waals surface area contributed by atoms with Gasteiger partial charge in [0.15, 0.2) is 0 Å². The van der Waals surface area contributed by atoms with E-state index in [4.69, 9.17) is 15.6 Å². The van der Waals surface area contributed by atoms with Gasteiger partial charge in [0.1, 0.15) is 5.75 Å². The summed E-state index contributed by atoms with van der Waals surface area (Å²) in [5.74, 6) is 0.893. The van der Waals surface area contributed by atoms with E-state index >= 15 is 0 Å². The van der Waals surface area contributed by atoms with Crippen LogP contribution in [0.2, 0.25) is 0 Å². The average molecular weight is 223 g/mol. The number of hydrogen-bond acceptors (Lipinski definition) is 3.